The summed E-state index contributed by atoms with van der Waals surface area (Å²) in [5.74, 6) is -0.818. The third-order valence-corrected chi connectivity index (χ3v) is 13.2. The Labute approximate surface area is 396 Å². The highest BCUT2D eigenvalue weighted by Gasteiger charge is 2.21. The minimum atomic E-state index is -4.62. The molecule has 0 heterocycles. The van der Waals surface area contributed by atoms with E-state index >= 15 is 0 Å². The van der Waals surface area contributed by atoms with E-state index < -0.39 is 26.5 Å². The first-order valence-electron chi connectivity index (χ1n) is 27.4. The van der Waals surface area contributed by atoms with Crippen LogP contribution in [0.4, 0.5) is 0 Å². The third-order valence-electron chi connectivity index (χ3n) is 12.3. The largest absolute Gasteiger partial charge is 0.756 e. The molecule has 10 heteroatoms. The molecule has 2 atom stereocenters. The summed E-state index contributed by atoms with van der Waals surface area (Å²) in [6.07, 6.45) is 52.6. The molecule has 0 aromatic heterocycles. The van der Waals surface area contributed by atoms with Gasteiger partial charge in [0.05, 0.1) is 27.7 Å². The van der Waals surface area contributed by atoms with Crippen molar-refractivity contribution in [1.29, 1.82) is 0 Å². The van der Waals surface area contributed by atoms with Crippen molar-refractivity contribution in [3.8, 4) is 0 Å². The summed E-state index contributed by atoms with van der Waals surface area (Å²) in [7, 11) is 1.18. The number of rotatable bonds is 51. The van der Waals surface area contributed by atoms with Crippen molar-refractivity contribution in [2.75, 3.05) is 47.5 Å². The standard InChI is InChI=1S/C54H106NO8P/c1-6-8-10-12-14-16-18-20-21-22-23-24-25-26-27-28-29-30-31-32-33-35-37-39-41-43-45-47-54(57)63-52(51-62-64(58,59)61-49-48-55(3,4)5)50-60-53(56)46-44-42-40-38-36-34-19-17-15-13-11-9-7-2/h22-23,52H,6-21,24-51H2,1-5H3/b23-22-. The van der Waals surface area contributed by atoms with Crippen molar-refractivity contribution >= 4 is 19.8 Å². The van der Waals surface area contributed by atoms with Crippen LogP contribution in [0.1, 0.15) is 271 Å². The number of nitrogens with zero attached hydrogens (tertiary/aromatic N) is 1. The lowest BCUT2D eigenvalue weighted by molar-refractivity contribution is -0.870. The second kappa shape index (κ2) is 46.8. The fourth-order valence-corrected chi connectivity index (χ4v) is 8.73. The lowest BCUT2D eigenvalue weighted by Crippen LogP contribution is -2.37. The Kier molecular flexibility index (Phi) is 45.9. The quantitative estimate of drug-likeness (QED) is 0.0195. The summed E-state index contributed by atoms with van der Waals surface area (Å²) < 4.78 is 34.1. The van der Waals surface area contributed by atoms with Gasteiger partial charge >= 0.3 is 11.9 Å². The first-order valence-corrected chi connectivity index (χ1v) is 28.9. The van der Waals surface area contributed by atoms with Crippen LogP contribution >= 0.6 is 7.82 Å². The van der Waals surface area contributed by atoms with Gasteiger partial charge in [-0.05, 0) is 38.5 Å². The van der Waals surface area contributed by atoms with Crippen LogP contribution in [-0.2, 0) is 32.7 Å². The SMILES string of the molecule is CCCCCCCCCC/C=C\CCCCCCCCCCCCCCCCCC(=O)OC(COC(=O)CCCCCCCCCCCCCCC)COP(=O)([O-])OCC[N+](C)(C)C. The number of quaternary nitrogens is 1. The first kappa shape index (κ1) is 62.8. The monoisotopic (exact) mass is 928 g/mol. The molecule has 0 N–H and O–H groups in total. The molecule has 0 fully saturated rings. The first-order chi connectivity index (χ1) is 31.0. The summed E-state index contributed by atoms with van der Waals surface area (Å²) in [6, 6.07) is 0. The molecule has 64 heavy (non-hydrogen) atoms. The Morgan fingerprint density at radius 2 is 0.797 bits per heavy atom. The minimum absolute atomic E-state index is 0.0267. The molecule has 0 aliphatic rings. The highest BCUT2D eigenvalue weighted by atomic mass is 31.2. The van der Waals surface area contributed by atoms with Gasteiger partial charge in [0.2, 0.25) is 0 Å². The summed E-state index contributed by atoms with van der Waals surface area (Å²) in [6.45, 7) is 4.28. The van der Waals surface area contributed by atoms with Gasteiger partial charge in [-0.3, -0.25) is 14.2 Å². The predicted octanol–water partition coefficient (Wildman–Crippen LogP) is 15.8. The van der Waals surface area contributed by atoms with Gasteiger partial charge < -0.3 is 27.9 Å². The number of esters is 2. The van der Waals surface area contributed by atoms with Crippen molar-refractivity contribution in [2.24, 2.45) is 0 Å². The molecule has 380 valence electrons. The second-order valence-corrected chi connectivity index (χ2v) is 21.4. The van der Waals surface area contributed by atoms with Crippen molar-refractivity contribution in [1.82, 2.24) is 0 Å². The van der Waals surface area contributed by atoms with Gasteiger partial charge in [0.25, 0.3) is 7.82 Å². The number of hydrogen-bond acceptors (Lipinski definition) is 8. The van der Waals surface area contributed by atoms with Crippen LogP contribution in [0.15, 0.2) is 12.2 Å². The van der Waals surface area contributed by atoms with Gasteiger partial charge in [-0.15, -0.1) is 0 Å². The van der Waals surface area contributed by atoms with Crippen LogP contribution in [0, 0.1) is 0 Å². The van der Waals surface area contributed by atoms with E-state index in [0.717, 1.165) is 32.1 Å². The zero-order valence-corrected chi connectivity index (χ0v) is 43.9. The van der Waals surface area contributed by atoms with E-state index in [1.165, 1.54) is 205 Å². The lowest BCUT2D eigenvalue weighted by atomic mass is 10.0. The molecule has 2 unspecified atom stereocenters. The Balaban J connectivity index is 4.08. The van der Waals surface area contributed by atoms with Crippen LogP contribution in [0.3, 0.4) is 0 Å². The van der Waals surface area contributed by atoms with Gasteiger partial charge in [-0.2, -0.15) is 0 Å². The molecule has 0 radical (unpaired) electrons. The lowest BCUT2D eigenvalue weighted by Gasteiger charge is -2.28. The fraction of sp³-hybridized carbons (Fsp3) is 0.926. The molecule has 0 spiro atoms. The summed E-state index contributed by atoms with van der Waals surface area (Å²) in [5, 5.41) is 0. The Hall–Kier alpha value is -1.25. The van der Waals surface area contributed by atoms with E-state index in [0.29, 0.717) is 17.4 Å². The van der Waals surface area contributed by atoms with Crippen LogP contribution in [-0.4, -0.2) is 70.0 Å². The van der Waals surface area contributed by atoms with Crippen molar-refractivity contribution in [3.63, 3.8) is 0 Å². The molecule has 0 aliphatic carbocycles. The summed E-state index contributed by atoms with van der Waals surface area (Å²) in [5.41, 5.74) is 0. The van der Waals surface area contributed by atoms with E-state index in [1.807, 2.05) is 21.1 Å². The number of unbranched alkanes of at least 4 members (excludes halogenated alkanes) is 35. The number of phosphoric acid groups is 1. The van der Waals surface area contributed by atoms with Crippen LogP contribution in [0.5, 0.6) is 0 Å². The van der Waals surface area contributed by atoms with E-state index in [9.17, 15) is 19.0 Å². The van der Waals surface area contributed by atoms with E-state index in [2.05, 4.69) is 26.0 Å². The second-order valence-electron chi connectivity index (χ2n) is 20.0. The maximum absolute atomic E-state index is 12.8. The molecule has 0 amide bonds. The average molecular weight is 928 g/mol. The molecule has 0 aliphatic heterocycles. The molecule has 0 saturated heterocycles. The van der Waals surface area contributed by atoms with Crippen LogP contribution < -0.4 is 4.89 Å². The van der Waals surface area contributed by atoms with E-state index in [1.54, 1.807) is 0 Å². The highest BCUT2D eigenvalue weighted by molar-refractivity contribution is 7.45. The number of likely N-dealkylation sites (N-methyl/N-ethyl adjacent to an activating group) is 1. The molecular weight excluding hydrogens is 822 g/mol. The summed E-state index contributed by atoms with van der Waals surface area (Å²) >= 11 is 0. The molecule has 0 aromatic rings. The Morgan fingerprint density at radius 1 is 0.469 bits per heavy atom. The maximum Gasteiger partial charge on any atom is 0.306 e. The molecule has 0 aromatic carbocycles. The number of carbonyl (C=O) groups is 2. The topological polar surface area (TPSA) is 111 Å². The Bertz CT molecular complexity index is 1100. The predicted molar refractivity (Wildman–Crippen MR) is 268 cm³/mol. The number of allylic oxidation sites excluding steroid dienone is 2. The van der Waals surface area contributed by atoms with E-state index in [4.69, 9.17) is 18.5 Å². The highest BCUT2D eigenvalue weighted by Crippen LogP contribution is 2.38. The van der Waals surface area contributed by atoms with E-state index in [-0.39, 0.29) is 32.0 Å². The normalized spacial score (nSPS) is 13.4. The third kappa shape index (κ3) is 50.2. The molecule has 9 nitrogen and oxygen atoms in total. The van der Waals surface area contributed by atoms with Gasteiger partial charge in [-0.1, -0.05) is 231 Å². The smallest absolute Gasteiger partial charge is 0.306 e. The number of phosphoric ester groups is 1. The number of hydrogen-bond donors (Lipinski definition) is 0. The fourth-order valence-electron chi connectivity index (χ4n) is 8.01. The number of ether oxygens (including phenoxy) is 2. The molecular formula is C54H106NO8P. The van der Waals surface area contributed by atoms with Gasteiger partial charge in [0.1, 0.15) is 19.8 Å². The van der Waals surface area contributed by atoms with Crippen molar-refractivity contribution < 1.29 is 42.1 Å². The molecule has 0 saturated carbocycles. The summed E-state index contributed by atoms with van der Waals surface area (Å²) in [4.78, 5) is 37.7. The molecule has 0 bridgehead atoms. The average Bonchev–Trinajstić information content (AvgIpc) is 3.25. The van der Waals surface area contributed by atoms with Crippen molar-refractivity contribution in [2.45, 2.75) is 277 Å². The Morgan fingerprint density at radius 3 is 1.16 bits per heavy atom. The van der Waals surface area contributed by atoms with Gasteiger partial charge in [0, 0.05) is 12.8 Å². The number of carbonyl (C=O) groups excluding carboxylic acids is 2. The molecule has 0 rings (SSSR count). The van der Waals surface area contributed by atoms with Gasteiger partial charge in [-0.25, -0.2) is 0 Å². The minimum Gasteiger partial charge on any atom is -0.756 e. The zero-order valence-electron chi connectivity index (χ0n) is 43.0. The van der Waals surface area contributed by atoms with Crippen LogP contribution in [0.25, 0.3) is 0 Å². The zero-order chi connectivity index (χ0) is 47.1. The van der Waals surface area contributed by atoms with Crippen molar-refractivity contribution in [3.05, 3.63) is 12.2 Å². The van der Waals surface area contributed by atoms with Gasteiger partial charge in [0.15, 0.2) is 6.10 Å². The maximum atomic E-state index is 12.8. The van der Waals surface area contributed by atoms with Crippen LogP contribution in [0.2, 0.25) is 0 Å².